The van der Waals surface area contributed by atoms with Crippen LogP contribution in [-0.2, 0) is 4.74 Å². The quantitative estimate of drug-likeness (QED) is 0.583. The van der Waals surface area contributed by atoms with Gasteiger partial charge in [-0.3, -0.25) is 0 Å². The zero-order chi connectivity index (χ0) is 7.94. The molecule has 11 heavy (non-hydrogen) atoms. The van der Waals surface area contributed by atoms with Crippen molar-refractivity contribution >= 4 is 0 Å². The Bertz CT molecular complexity index is 219. The van der Waals surface area contributed by atoms with Crippen molar-refractivity contribution in [2.75, 3.05) is 13.7 Å². The van der Waals surface area contributed by atoms with E-state index in [2.05, 4.69) is 0 Å². The Hall–Kier alpha value is -1.08. The summed E-state index contributed by atoms with van der Waals surface area (Å²) in [5.41, 5.74) is 1.19. The summed E-state index contributed by atoms with van der Waals surface area (Å²) < 4.78 is 5.00. The smallest absolute Gasteiger partial charge is 0.0713 e. The predicted octanol–water partition coefficient (Wildman–Crippen LogP) is 2.24. The Labute approximate surface area is 67.4 Å². The fourth-order valence-electron chi connectivity index (χ4n) is 0.869. The lowest BCUT2D eigenvalue weighted by Crippen LogP contribution is -1.90. The van der Waals surface area contributed by atoms with Gasteiger partial charge in [-0.2, -0.15) is 0 Å². The number of allylic oxidation sites excluding steroid dienone is 6. The van der Waals surface area contributed by atoms with Gasteiger partial charge in [0.25, 0.3) is 0 Å². The molecule has 1 nitrogen and oxygen atoms in total. The van der Waals surface area contributed by atoms with E-state index in [1.54, 1.807) is 7.11 Å². The van der Waals surface area contributed by atoms with Crippen LogP contribution in [0.4, 0.5) is 0 Å². The lowest BCUT2D eigenvalue weighted by molar-refractivity contribution is 0.228. The number of hydrogen-bond donors (Lipinski definition) is 0. The van der Waals surface area contributed by atoms with Crippen LogP contribution in [-0.4, -0.2) is 13.7 Å². The highest BCUT2D eigenvalue weighted by molar-refractivity contribution is 5.31. The Balaban J connectivity index is 2.62. The first-order chi connectivity index (χ1) is 5.43. The topological polar surface area (TPSA) is 9.23 Å². The minimum atomic E-state index is 0.675. The number of rotatable bonds is 2. The molecule has 0 amide bonds. The molecule has 0 bridgehead atoms. The van der Waals surface area contributed by atoms with E-state index in [1.807, 2.05) is 42.5 Å². The minimum absolute atomic E-state index is 0.675. The lowest BCUT2D eigenvalue weighted by Gasteiger charge is -1.98. The molecule has 1 aliphatic carbocycles. The van der Waals surface area contributed by atoms with E-state index >= 15 is 0 Å². The van der Waals surface area contributed by atoms with Crippen LogP contribution in [0.1, 0.15) is 0 Å². The van der Waals surface area contributed by atoms with E-state index in [9.17, 15) is 0 Å². The molecule has 0 saturated carbocycles. The highest BCUT2D eigenvalue weighted by atomic mass is 16.5. The van der Waals surface area contributed by atoms with Crippen LogP contribution >= 0.6 is 0 Å². The van der Waals surface area contributed by atoms with Crippen LogP contribution in [0.5, 0.6) is 0 Å². The maximum atomic E-state index is 5.00. The molecule has 1 aliphatic rings. The molecular weight excluding hydrogens is 136 g/mol. The second kappa shape index (κ2) is 4.69. The number of methoxy groups -OCH3 is 1. The van der Waals surface area contributed by atoms with E-state index < -0.39 is 0 Å². The fourth-order valence-corrected chi connectivity index (χ4v) is 0.869. The number of hydrogen-bond acceptors (Lipinski definition) is 1. The van der Waals surface area contributed by atoms with Crippen LogP contribution < -0.4 is 0 Å². The van der Waals surface area contributed by atoms with Crippen LogP contribution in [0.25, 0.3) is 0 Å². The van der Waals surface area contributed by atoms with Crippen molar-refractivity contribution in [3.05, 3.63) is 48.1 Å². The first kappa shape index (κ1) is 8.02. The second-order valence-corrected chi connectivity index (χ2v) is 2.30. The van der Waals surface area contributed by atoms with Gasteiger partial charge in [-0.05, 0) is 5.57 Å². The first-order valence-corrected chi connectivity index (χ1v) is 3.63. The van der Waals surface area contributed by atoms with Gasteiger partial charge in [0.2, 0.25) is 0 Å². The summed E-state index contributed by atoms with van der Waals surface area (Å²) in [4.78, 5) is 0. The second-order valence-electron chi connectivity index (χ2n) is 2.30. The molecule has 0 spiro atoms. The largest absolute Gasteiger partial charge is 0.380 e. The molecule has 1 rings (SSSR count). The molecule has 0 saturated heterocycles. The van der Waals surface area contributed by atoms with Crippen LogP contribution in [0, 0.1) is 0 Å². The number of ether oxygens (including phenoxy) is 1. The van der Waals surface area contributed by atoms with Crippen molar-refractivity contribution in [1.82, 2.24) is 0 Å². The Kier molecular flexibility index (Phi) is 3.42. The van der Waals surface area contributed by atoms with Crippen molar-refractivity contribution in [2.24, 2.45) is 0 Å². The summed E-state index contributed by atoms with van der Waals surface area (Å²) >= 11 is 0. The van der Waals surface area contributed by atoms with Crippen LogP contribution in [0.15, 0.2) is 48.1 Å². The van der Waals surface area contributed by atoms with Crippen molar-refractivity contribution in [3.63, 3.8) is 0 Å². The molecule has 0 atom stereocenters. The minimum Gasteiger partial charge on any atom is -0.380 e. The predicted molar refractivity (Wildman–Crippen MR) is 47.4 cm³/mol. The molecule has 0 heterocycles. The summed E-state index contributed by atoms with van der Waals surface area (Å²) in [6.07, 6.45) is 14.1. The van der Waals surface area contributed by atoms with Gasteiger partial charge in [-0.25, -0.2) is 0 Å². The van der Waals surface area contributed by atoms with E-state index in [-0.39, 0.29) is 0 Å². The van der Waals surface area contributed by atoms with Gasteiger partial charge in [0.05, 0.1) is 6.61 Å². The molecule has 0 radical (unpaired) electrons. The van der Waals surface area contributed by atoms with Gasteiger partial charge in [-0.1, -0.05) is 42.5 Å². The summed E-state index contributed by atoms with van der Waals surface area (Å²) in [6, 6.07) is 0. The highest BCUT2D eigenvalue weighted by Crippen LogP contribution is 2.00. The average molecular weight is 148 g/mol. The summed E-state index contributed by atoms with van der Waals surface area (Å²) in [7, 11) is 1.70. The standard InChI is InChI=1S/C10H12O/c1-11-9-10-7-5-3-2-4-6-8-10/h2-8H,9H2,1H3/b3-2-,4-2?,5-3?,6-4-,7-5?,8-6?,10-7?,10-8?. The molecule has 0 aliphatic heterocycles. The summed E-state index contributed by atoms with van der Waals surface area (Å²) in [6.45, 7) is 0.675. The van der Waals surface area contributed by atoms with E-state index in [0.29, 0.717) is 6.61 Å². The van der Waals surface area contributed by atoms with Gasteiger partial charge >= 0.3 is 0 Å². The molecule has 58 valence electrons. The van der Waals surface area contributed by atoms with Crippen molar-refractivity contribution < 1.29 is 4.74 Å². The monoisotopic (exact) mass is 148 g/mol. The third-order valence-electron chi connectivity index (χ3n) is 1.38. The molecule has 0 aromatic rings. The SMILES string of the molecule is COCC1=C/C=C\C=C/C=C1. The van der Waals surface area contributed by atoms with Gasteiger partial charge in [-0.15, -0.1) is 0 Å². The van der Waals surface area contributed by atoms with Crippen molar-refractivity contribution in [2.45, 2.75) is 0 Å². The van der Waals surface area contributed by atoms with Crippen molar-refractivity contribution in [1.29, 1.82) is 0 Å². The summed E-state index contributed by atoms with van der Waals surface area (Å²) in [5.74, 6) is 0. The summed E-state index contributed by atoms with van der Waals surface area (Å²) in [5, 5.41) is 0. The molecule has 0 unspecified atom stereocenters. The average Bonchev–Trinajstić information content (AvgIpc) is 1.94. The Morgan fingerprint density at radius 1 is 1.09 bits per heavy atom. The zero-order valence-corrected chi connectivity index (χ0v) is 6.66. The molecule has 0 fully saturated rings. The lowest BCUT2D eigenvalue weighted by atomic mass is 10.2. The Morgan fingerprint density at radius 2 is 1.82 bits per heavy atom. The normalized spacial score (nSPS) is 21.7. The maximum Gasteiger partial charge on any atom is 0.0713 e. The first-order valence-electron chi connectivity index (χ1n) is 3.63. The van der Waals surface area contributed by atoms with Gasteiger partial charge in [0.1, 0.15) is 0 Å². The fraction of sp³-hybridized carbons (Fsp3) is 0.200. The van der Waals surface area contributed by atoms with Crippen LogP contribution in [0.2, 0.25) is 0 Å². The molecule has 0 aromatic carbocycles. The third kappa shape index (κ3) is 3.01. The molecule has 0 aromatic heterocycles. The maximum absolute atomic E-state index is 5.00. The highest BCUT2D eigenvalue weighted by Gasteiger charge is 1.88. The van der Waals surface area contributed by atoms with E-state index in [4.69, 9.17) is 4.74 Å². The van der Waals surface area contributed by atoms with E-state index in [0.717, 1.165) is 0 Å². The van der Waals surface area contributed by atoms with E-state index in [1.165, 1.54) is 5.57 Å². The molecule has 0 N–H and O–H groups in total. The molecular formula is C10H12O. The Morgan fingerprint density at radius 3 is 2.64 bits per heavy atom. The zero-order valence-electron chi connectivity index (χ0n) is 6.66. The van der Waals surface area contributed by atoms with Gasteiger partial charge in [0, 0.05) is 7.11 Å². The van der Waals surface area contributed by atoms with Crippen molar-refractivity contribution in [3.8, 4) is 0 Å². The third-order valence-corrected chi connectivity index (χ3v) is 1.38. The van der Waals surface area contributed by atoms with Gasteiger partial charge < -0.3 is 4.74 Å². The van der Waals surface area contributed by atoms with Gasteiger partial charge in [0.15, 0.2) is 0 Å². The van der Waals surface area contributed by atoms with Crippen LogP contribution in [0.3, 0.4) is 0 Å². The molecule has 1 heteroatoms.